The molecular weight excluding hydrogens is 237 g/mol. The van der Waals surface area contributed by atoms with Crippen LogP contribution in [0.3, 0.4) is 0 Å². The highest BCUT2D eigenvalue weighted by molar-refractivity contribution is 5.94. The molecule has 0 spiro atoms. The summed E-state index contributed by atoms with van der Waals surface area (Å²) in [7, 11) is 0. The summed E-state index contributed by atoms with van der Waals surface area (Å²) in [6.07, 6.45) is 0.375. The van der Waals surface area contributed by atoms with E-state index in [0.717, 1.165) is 0 Å². The molecule has 1 aromatic carbocycles. The topological polar surface area (TPSA) is 66.4 Å². The number of halogens is 1. The zero-order valence-corrected chi connectivity index (χ0v) is 10.4. The molecule has 1 aromatic rings. The largest absolute Gasteiger partial charge is 0.481 e. The number of hydrogen-bond acceptors (Lipinski definition) is 2. The molecule has 0 aliphatic heterocycles. The average molecular weight is 253 g/mol. The number of carboxylic acid groups (broad SMARTS) is 1. The van der Waals surface area contributed by atoms with Crippen LogP contribution >= 0.6 is 0 Å². The van der Waals surface area contributed by atoms with Crippen LogP contribution in [0.4, 0.5) is 4.39 Å². The van der Waals surface area contributed by atoms with E-state index in [1.54, 1.807) is 13.0 Å². The van der Waals surface area contributed by atoms with Gasteiger partial charge in [-0.1, -0.05) is 19.1 Å². The van der Waals surface area contributed by atoms with Crippen LogP contribution < -0.4 is 5.32 Å². The Bertz CT molecular complexity index is 461. The average Bonchev–Trinajstić information content (AvgIpc) is 2.35. The van der Waals surface area contributed by atoms with E-state index in [-0.39, 0.29) is 12.1 Å². The second kappa shape index (κ2) is 5.62. The molecule has 0 aromatic heterocycles. The Hall–Kier alpha value is -1.91. The summed E-state index contributed by atoms with van der Waals surface area (Å²) in [5.41, 5.74) is -1.12. The second-order valence-corrected chi connectivity index (χ2v) is 4.38. The molecule has 0 saturated heterocycles. The predicted octanol–water partition coefficient (Wildman–Crippen LogP) is 2.06. The number of carbonyl (C=O) groups is 2. The first-order chi connectivity index (χ1) is 8.40. The van der Waals surface area contributed by atoms with Crippen molar-refractivity contribution in [3.63, 3.8) is 0 Å². The van der Waals surface area contributed by atoms with Gasteiger partial charge < -0.3 is 10.4 Å². The lowest BCUT2D eigenvalue weighted by atomic mass is 9.87. The van der Waals surface area contributed by atoms with Crippen molar-refractivity contribution < 1.29 is 19.1 Å². The Kier molecular flexibility index (Phi) is 4.42. The van der Waals surface area contributed by atoms with Gasteiger partial charge in [-0.05, 0) is 25.5 Å². The van der Waals surface area contributed by atoms with Gasteiger partial charge in [-0.25, -0.2) is 4.39 Å². The minimum atomic E-state index is -1.04. The van der Waals surface area contributed by atoms with Gasteiger partial charge in [-0.2, -0.15) is 0 Å². The SMILES string of the molecule is CCC(C)(CNC(=O)c1ccccc1F)C(=O)O. The number of rotatable bonds is 5. The Balaban J connectivity index is 2.73. The van der Waals surface area contributed by atoms with E-state index in [9.17, 15) is 14.0 Å². The Labute approximate surface area is 105 Å². The van der Waals surface area contributed by atoms with Crippen LogP contribution in [-0.4, -0.2) is 23.5 Å². The third kappa shape index (κ3) is 3.06. The third-order valence-corrected chi connectivity index (χ3v) is 3.05. The fourth-order valence-electron chi connectivity index (χ4n) is 1.37. The van der Waals surface area contributed by atoms with Crippen LogP contribution in [0.15, 0.2) is 24.3 Å². The van der Waals surface area contributed by atoms with Gasteiger partial charge in [0.1, 0.15) is 5.82 Å². The lowest BCUT2D eigenvalue weighted by molar-refractivity contribution is -0.147. The lowest BCUT2D eigenvalue weighted by Crippen LogP contribution is -2.40. The predicted molar refractivity (Wildman–Crippen MR) is 64.8 cm³/mol. The van der Waals surface area contributed by atoms with E-state index >= 15 is 0 Å². The van der Waals surface area contributed by atoms with Crippen LogP contribution in [0, 0.1) is 11.2 Å². The molecule has 0 aliphatic rings. The fraction of sp³-hybridized carbons (Fsp3) is 0.385. The van der Waals surface area contributed by atoms with Crippen LogP contribution in [0.25, 0.3) is 0 Å². The van der Waals surface area contributed by atoms with E-state index in [2.05, 4.69) is 5.32 Å². The molecule has 18 heavy (non-hydrogen) atoms. The monoisotopic (exact) mass is 253 g/mol. The van der Waals surface area contributed by atoms with Gasteiger partial charge in [0.05, 0.1) is 11.0 Å². The maximum atomic E-state index is 13.3. The molecule has 5 heteroatoms. The number of aliphatic carboxylic acids is 1. The summed E-state index contributed by atoms with van der Waals surface area (Å²) >= 11 is 0. The quantitative estimate of drug-likeness (QED) is 0.844. The molecule has 0 bridgehead atoms. The van der Waals surface area contributed by atoms with Crippen LogP contribution in [0.5, 0.6) is 0 Å². The summed E-state index contributed by atoms with van der Waals surface area (Å²) in [6, 6.07) is 5.58. The van der Waals surface area contributed by atoms with Gasteiger partial charge in [-0.3, -0.25) is 9.59 Å². The summed E-state index contributed by atoms with van der Waals surface area (Å²) < 4.78 is 13.3. The first kappa shape index (κ1) is 14.2. The summed E-state index contributed by atoms with van der Waals surface area (Å²) in [5.74, 6) is -2.21. The van der Waals surface area contributed by atoms with Crippen LogP contribution in [0.2, 0.25) is 0 Å². The number of amides is 1. The van der Waals surface area contributed by atoms with E-state index < -0.39 is 23.1 Å². The molecular formula is C13H16FNO3. The second-order valence-electron chi connectivity index (χ2n) is 4.38. The van der Waals surface area contributed by atoms with E-state index in [4.69, 9.17) is 5.11 Å². The van der Waals surface area contributed by atoms with Gasteiger partial charge in [0.2, 0.25) is 0 Å². The van der Waals surface area contributed by atoms with Crippen LogP contribution in [0.1, 0.15) is 30.6 Å². The highest BCUT2D eigenvalue weighted by Gasteiger charge is 2.31. The number of benzene rings is 1. The molecule has 1 amide bonds. The van der Waals surface area contributed by atoms with E-state index in [0.29, 0.717) is 6.42 Å². The van der Waals surface area contributed by atoms with Crippen molar-refractivity contribution in [2.24, 2.45) is 5.41 Å². The van der Waals surface area contributed by atoms with E-state index in [1.165, 1.54) is 25.1 Å². The maximum Gasteiger partial charge on any atom is 0.311 e. The molecule has 1 rings (SSSR count). The zero-order chi connectivity index (χ0) is 13.8. The van der Waals surface area contributed by atoms with Crippen molar-refractivity contribution in [2.75, 3.05) is 6.54 Å². The summed E-state index contributed by atoms with van der Waals surface area (Å²) in [4.78, 5) is 22.7. The smallest absolute Gasteiger partial charge is 0.311 e. The van der Waals surface area contributed by atoms with Crippen LogP contribution in [-0.2, 0) is 4.79 Å². The number of nitrogens with one attached hydrogen (secondary N) is 1. The van der Waals surface area contributed by atoms with Gasteiger partial charge in [0, 0.05) is 6.54 Å². The summed E-state index contributed by atoms with van der Waals surface area (Å²) in [6.45, 7) is 3.23. The fourth-order valence-corrected chi connectivity index (χ4v) is 1.37. The summed E-state index contributed by atoms with van der Waals surface area (Å²) in [5, 5.41) is 11.5. The lowest BCUT2D eigenvalue weighted by Gasteiger charge is -2.23. The van der Waals surface area contributed by atoms with Gasteiger partial charge in [0.25, 0.3) is 5.91 Å². The molecule has 4 nitrogen and oxygen atoms in total. The molecule has 0 fully saturated rings. The molecule has 0 heterocycles. The zero-order valence-electron chi connectivity index (χ0n) is 10.4. The normalized spacial score (nSPS) is 13.7. The molecule has 0 aliphatic carbocycles. The Morgan fingerprint density at radius 1 is 1.39 bits per heavy atom. The first-order valence-corrected chi connectivity index (χ1v) is 5.67. The minimum absolute atomic E-state index is 0.0357. The third-order valence-electron chi connectivity index (χ3n) is 3.05. The molecule has 1 unspecified atom stereocenters. The van der Waals surface area contributed by atoms with Gasteiger partial charge in [-0.15, -0.1) is 0 Å². The van der Waals surface area contributed by atoms with Gasteiger partial charge in [0.15, 0.2) is 0 Å². The molecule has 1 atom stereocenters. The molecule has 98 valence electrons. The van der Waals surface area contributed by atoms with Crippen molar-refractivity contribution in [3.8, 4) is 0 Å². The molecule has 0 radical (unpaired) electrons. The highest BCUT2D eigenvalue weighted by atomic mass is 19.1. The highest BCUT2D eigenvalue weighted by Crippen LogP contribution is 2.20. The van der Waals surface area contributed by atoms with Crippen molar-refractivity contribution in [1.29, 1.82) is 0 Å². The standard InChI is InChI=1S/C13H16FNO3/c1-3-13(2,12(17)18)8-15-11(16)9-6-4-5-7-10(9)14/h4-7H,3,8H2,1-2H3,(H,15,16)(H,17,18). The molecule has 0 saturated carbocycles. The Morgan fingerprint density at radius 2 is 2.00 bits per heavy atom. The maximum absolute atomic E-state index is 13.3. The number of hydrogen-bond donors (Lipinski definition) is 2. The van der Waals surface area contributed by atoms with Crippen molar-refractivity contribution in [3.05, 3.63) is 35.6 Å². The molecule has 2 N–H and O–H groups in total. The van der Waals surface area contributed by atoms with Crippen molar-refractivity contribution in [1.82, 2.24) is 5.32 Å². The number of carboxylic acids is 1. The van der Waals surface area contributed by atoms with Crippen molar-refractivity contribution >= 4 is 11.9 Å². The van der Waals surface area contributed by atoms with Gasteiger partial charge >= 0.3 is 5.97 Å². The Morgan fingerprint density at radius 3 is 2.50 bits per heavy atom. The van der Waals surface area contributed by atoms with Crippen molar-refractivity contribution in [2.45, 2.75) is 20.3 Å². The van der Waals surface area contributed by atoms with E-state index in [1.807, 2.05) is 0 Å². The number of carbonyl (C=O) groups excluding carboxylic acids is 1. The first-order valence-electron chi connectivity index (χ1n) is 5.67. The minimum Gasteiger partial charge on any atom is -0.481 e.